The van der Waals surface area contributed by atoms with E-state index in [9.17, 15) is 18.8 Å². The van der Waals surface area contributed by atoms with Gasteiger partial charge in [0, 0.05) is 0 Å². The Bertz CT molecular complexity index is 929. The fraction of sp³-hybridized carbons (Fsp3) is 0.318. The molecule has 8 heteroatoms. The van der Waals surface area contributed by atoms with Gasteiger partial charge in [0.2, 0.25) is 0 Å². The summed E-state index contributed by atoms with van der Waals surface area (Å²) in [5, 5.41) is 2.63. The number of nitrogens with one attached hydrogen (secondary N) is 1. The predicted molar refractivity (Wildman–Crippen MR) is 109 cm³/mol. The Kier molecular flexibility index (Phi) is 7.66. The number of ether oxygens (including phenoxy) is 2. The van der Waals surface area contributed by atoms with Crippen LogP contribution in [0.5, 0.6) is 0 Å². The van der Waals surface area contributed by atoms with E-state index in [4.69, 9.17) is 4.74 Å². The maximum Gasteiger partial charge on any atom is 0.362 e. The number of anilines is 1. The molecule has 1 N–H and O–H groups in total. The lowest BCUT2D eigenvalue weighted by Gasteiger charge is -2.28. The van der Waals surface area contributed by atoms with Gasteiger partial charge in [0.05, 0.1) is 32.5 Å². The summed E-state index contributed by atoms with van der Waals surface area (Å²) >= 11 is 0. The molecule has 0 heterocycles. The van der Waals surface area contributed by atoms with Crippen LogP contribution in [0.15, 0.2) is 42.5 Å². The Balaban J connectivity index is 1.99. The number of carbonyl (C=O) groups is 3. The van der Waals surface area contributed by atoms with Gasteiger partial charge < -0.3 is 19.3 Å². The number of hydrogen-bond acceptors (Lipinski definition) is 5. The van der Waals surface area contributed by atoms with E-state index in [1.807, 2.05) is 30.3 Å². The topological polar surface area (TPSA) is 81.7 Å². The highest BCUT2D eigenvalue weighted by atomic mass is 19.1. The van der Waals surface area contributed by atoms with Crippen LogP contribution in [0.2, 0.25) is 0 Å². The Morgan fingerprint density at radius 1 is 1.07 bits per heavy atom. The molecule has 0 spiro atoms. The quantitative estimate of drug-likeness (QED) is 0.528. The number of benzene rings is 2. The van der Waals surface area contributed by atoms with Crippen LogP contribution < -0.4 is 5.32 Å². The van der Waals surface area contributed by atoms with Gasteiger partial charge in [-0.05, 0) is 30.2 Å². The Hall–Kier alpha value is -3.26. The third kappa shape index (κ3) is 6.66. The molecule has 0 aliphatic heterocycles. The van der Waals surface area contributed by atoms with Crippen molar-refractivity contribution in [3.05, 3.63) is 65.0 Å². The summed E-state index contributed by atoms with van der Waals surface area (Å²) < 4.78 is 23.6. The molecule has 2 rings (SSSR count). The second kappa shape index (κ2) is 9.98. The summed E-state index contributed by atoms with van der Waals surface area (Å²) in [6.07, 6.45) is 0. The SMILES string of the molecule is COC(=O)c1cc(F)cc(C)c1NC(=O)C[N+](C)(C)CC(=O)OCc1ccccc1. The molecule has 160 valence electrons. The number of rotatable bonds is 8. The molecule has 0 unspecified atom stereocenters. The van der Waals surface area contributed by atoms with E-state index in [1.54, 1.807) is 21.0 Å². The molecule has 0 aromatic heterocycles. The van der Waals surface area contributed by atoms with Crippen molar-refractivity contribution in [2.75, 3.05) is 39.6 Å². The summed E-state index contributed by atoms with van der Waals surface area (Å²) in [7, 11) is 4.60. The van der Waals surface area contributed by atoms with Crippen LogP contribution in [0.25, 0.3) is 0 Å². The first-order chi connectivity index (χ1) is 14.1. The Morgan fingerprint density at radius 2 is 1.73 bits per heavy atom. The number of halogens is 1. The van der Waals surface area contributed by atoms with Gasteiger partial charge in [-0.25, -0.2) is 14.0 Å². The number of esters is 2. The largest absolute Gasteiger partial charge is 0.465 e. The molecule has 0 bridgehead atoms. The lowest BCUT2D eigenvalue weighted by atomic mass is 10.1. The summed E-state index contributed by atoms with van der Waals surface area (Å²) in [5.41, 5.74) is 1.36. The van der Waals surface area contributed by atoms with Gasteiger partial charge in [-0.2, -0.15) is 0 Å². The molecule has 0 radical (unpaired) electrons. The molecule has 2 aromatic carbocycles. The second-order valence-electron chi connectivity index (χ2n) is 7.58. The van der Waals surface area contributed by atoms with Crippen LogP contribution in [0.3, 0.4) is 0 Å². The van der Waals surface area contributed by atoms with Gasteiger partial charge in [0.15, 0.2) is 13.1 Å². The van der Waals surface area contributed by atoms with Gasteiger partial charge in [-0.3, -0.25) is 4.79 Å². The standard InChI is InChI=1S/C22H25FN2O5/c1-15-10-17(23)11-18(22(28)29-4)21(15)24-19(26)12-25(2,3)13-20(27)30-14-16-8-6-5-7-9-16/h5-11H,12-14H2,1-4H3/p+1. The van der Waals surface area contributed by atoms with Crippen LogP contribution in [0, 0.1) is 12.7 Å². The maximum atomic E-state index is 13.7. The Morgan fingerprint density at radius 3 is 2.37 bits per heavy atom. The van der Waals surface area contributed by atoms with Crippen molar-refractivity contribution in [1.29, 1.82) is 0 Å². The number of carbonyl (C=O) groups excluding carboxylic acids is 3. The zero-order chi connectivity index (χ0) is 22.3. The van der Waals surface area contributed by atoms with E-state index < -0.39 is 23.7 Å². The average molecular weight is 417 g/mol. The molecule has 0 saturated heterocycles. The second-order valence-corrected chi connectivity index (χ2v) is 7.58. The van der Waals surface area contributed by atoms with E-state index in [0.29, 0.717) is 5.56 Å². The number of nitrogens with zero attached hydrogens (tertiary/aromatic N) is 1. The van der Waals surface area contributed by atoms with Gasteiger partial charge in [-0.15, -0.1) is 0 Å². The first-order valence-corrected chi connectivity index (χ1v) is 9.31. The third-order valence-electron chi connectivity index (χ3n) is 4.34. The molecule has 7 nitrogen and oxygen atoms in total. The van der Waals surface area contributed by atoms with E-state index in [1.165, 1.54) is 13.2 Å². The lowest BCUT2D eigenvalue weighted by Crippen LogP contribution is -2.49. The molecule has 1 amide bonds. The highest BCUT2D eigenvalue weighted by molar-refractivity contribution is 6.02. The molecular formula is C22H26FN2O5+. The fourth-order valence-corrected chi connectivity index (χ4v) is 2.94. The minimum atomic E-state index is -0.758. The van der Waals surface area contributed by atoms with Crippen molar-refractivity contribution < 1.29 is 32.7 Å². The van der Waals surface area contributed by atoms with Crippen LogP contribution in [0.1, 0.15) is 21.5 Å². The highest BCUT2D eigenvalue weighted by Gasteiger charge is 2.26. The predicted octanol–water partition coefficient (Wildman–Crippen LogP) is 2.68. The first kappa shape index (κ1) is 23.0. The van der Waals surface area contributed by atoms with E-state index in [-0.39, 0.29) is 35.4 Å². The molecule has 0 atom stereocenters. The summed E-state index contributed by atoms with van der Waals surface area (Å²) in [5.74, 6) is -2.24. The van der Waals surface area contributed by atoms with Gasteiger partial charge >= 0.3 is 11.9 Å². The normalized spacial score (nSPS) is 11.0. The minimum absolute atomic E-state index is 0.0213. The summed E-state index contributed by atoms with van der Waals surface area (Å²) in [6.45, 7) is 1.65. The molecule has 0 fully saturated rings. The molecule has 30 heavy (non-hydrogen) atoms. The first-order valence-electron chi connectivity index (χ1n) is 9.31. The van der Waals surface area contributed by atoms with Gasteiger partial charge in [-0.1, -0.05) is 30.3 Å². The van der Waals surface area contributed by atoms with Crippen LogP contribution in [-0.2, 0) is 25.7 Å². The lowest BCUT2D eigenvalue weighted by molar-refractivity contribution is -0.874. The highest BCUT2D eigenvalue weighted by Crippen LogP contribution is 2.23. The number of likely N-dealkylation sites (N-methyl/N-ethyl adjacent to an activating group) is 1. The minimum Gasteiger partial charge on any atom is -0.465 e. The van der Waals surface area contributed by atoms with Crippen molar-refractivity contribution in [2.24, 2.45) is 0 Å². The summed E-state index contributed by atoms with van der Waals surface area (Å²) in [4.78, 5) is 36.7. The molecule has 0 aliphatic rings. The van der Waals surface area contributed by atoms with E-state index >= 15 is 0 Å². The number of aryl methyl sites for hydroxylation is 1. The van der Waals surface area contributed by atoms with Crippen LogP contribution in [0.4, 0.5) is 10.1 Å². The number of methoxy groups -OCH3 is 1. The van der Waals surface area contributed by atoms with E-state index in [2.05, 4.69) is 10.1 Å². The number of amides is 1. The number of quaternary nitrogens is 1. The van der Waals surface area contributed by atoms with Crippen LogP contribution in [-0.4, -0.2) is 56.6 Å². The fourth-order valence-electron chi connectivity index (χ4n) is 2.94. The smallest absolute Gasteiger partial charge is 0.362 e. The van der Waals surface area contributed by atoms with Crippen molar-refractivity contribution >= 4 is 23.5 Å². The average Bonchev–Trinajstić information content (AvgIpc) is 2.67. The maximum absolute atomic E-state index is 13.7. The van der Waals surface area contributed by atoms with E-state index in [0.717, 1.165) is 11.6 Å². The Labute approximate surface area is 175 Å². The third-order valence-corrected chi connectivity index (χ3v) is 4.34. The van der Waals surface area contributed by atoms with Gasteiger partial charge in [0.25, 0.3) is 5.91 Å². The van der Waals surface area contributed by atoms with Gasteiger partial charge in [0.1, 0.15) is 12.4 Å². The van der Waals surface area contributed by atoms with Crippen molar-refractivity contribution in [3.8, 4) is 0 Å². The monoisotopic (exact) mass is 417 g/mol. The molecule has 2 aromatic rings. The summed E-state index contributed by atoms with van der Waals surface area (Å²) in [6, 6.07) is 11.5. The number of hydrogen-bond donors (Lipinski definition) is 1. The molecule has 0 saturated carbocycles. The van der Waals surface area contributed by atoms with Crippen LogP contribution >= 0.6 is 0 Å². The van der Waals surface area contributed by atoms with Crippen molar-refractivity contribution in [3.63, 3.8) is 0 Å². The molecular weight excluding hydrogens is 391 g/mol. The van der Waals surface area contributed by atoms with Crippen molar-refractivity contribution in [2.45, 2.75) is 13.5 Å². The van der Waals surface area contributed by atoms with Crippen molar-refractivity contribution in [1.82, 2.24) is 0 Å². The molecule has 0 aliphatic carbocycles. The zero-order valence-electron chi connectivity index (χ0n) is 17.5. The zero-order valence-corrected chi connectivity index (χ0v) is 17.5.